The van der Waals surface area contributed by atoms with Crippen LogP contribution in [-0.2, 0) is 4.74 Å². The molecule has 1 aliphatic heterocycles. The summed E-state index contributed by atoms with van der Waals surface area (Å²) in [5, 5.41) is 2.88. The quantitative estimate of drug-likeness (QED) is 0.833. The van der Waals surface area contributed by atoms with E-state index in [1.165, 1.54) is 18.2 Å². The van der Waals surface area contributed by atoms with Crippen LogP contribution in [0.2, 0.25) is 0 Å². The minimum Gasteiger partial charge on any atom is -0.379 e. The van der Waals surface area contributed by atoms with Crippen molar-refractivity contribution in [1.29, 1.82) is 0 Å². The molecule has 0 bridgehead atoms. The Morgan fingerprint density at radius 2 is 2.15 bits per heavy atom. The molecule has 1 heterocycles. The van der Waals surface area contributed by atoms with Gasteiger partial charge >= 0.3 is 0 Å². The highest BCUT2D eigenvalue weighted by Gasteiger charge is 2.11. The van der Waals surface area contributed by atoms with Crippen LogP contribution in [-0.4, -0.2) is 50.2 Å². The number of nitrogens with one attached hydrogen (secondary N) is 1. The van der Waals surface area contributed by atoms with Gasteiger partial charge in [0.1, 0.15) is 5.82 Å². The number of halogens is 1. The zero-order chi connectivity index (χ0) is 14.4. The molecule has 1 amide bonds. The monoisotopic (exact) mass is 280 g/mol. The van der Waals surface area contributed by atoms with Crippen LogP contribution in [0.4, 0.5) is 4.39 Å². The van der Waals surface area contributed by atoms with Gasteiger partial charge in [0, 0.05) is 25.2 Å². The molecule has 0 atom stereocenters. The van der Waals surface area contributed by atoms with Crippen molar-refractivity contribution in [2.75, 3.05) is 39.4 Å². The molecule has 20 heavy (non-hydrogen) atoms. The zero-order valence-corrected chi connectivity index (χ0v) is 11.8. The zero-order valence-electron chi connectivity index (χ0n) is 11.8. The third-order valence-electron chi connectivity index (χ3n) is 3.47. The lowest BCUT2D eigenvalue weighted by molar-refractivity contribution is 0.0374. The average molecular weight is 280 g/mol. The Bertz CT molecular complexity index is 459. The summed E-state index contributed by atoms with van der Waals surface area (Å²) in [4.78, 5) is 14.3. The molecule has 1 aromatic rings. The van der Waals surface area contributed by atoms with Crippen molar-refractivity contribution >= 4 is 5.91 Å². The Morgan fingerprint density at radius 1 is 1.40 bits per heavy atom. The molecule has 4 nitrogen and oxygen atoms in total. The number of ether oxygens (including phenoxy) is 1. The Balaban J connectivity index is 1.72. The SMILES string of the molecule is Cc1cc(F)ccc1C(=O)NCCCN1CCOCC1. The van der Waals surface area contributed by atoms with Gasteiger partial charge in [-0.15, -0.1) is 0 Å². The van der Waals surface area contributed by atoms with E-state index in [4.69, 9.17) is 4.74 Å². The maximum absolute atomic E-state index is 13.0. The largest absolute Gasteiger partial charge is 0.379 e. The lowest BCUT2D eigenvalue weighted by Crippen LogP contribution is -2.38. The number of carbonyl (C=O) groups is 1. The van der Waals surface area contributed by atoms with Gasteiger partial charge in [-0.3, -0.25) is 9.69 Å². The summed E-state index contributed by atoms with van der Waals surface area (Å²) in [6.45, 7) is 6.85. The maximum Gasteiger partial charge on any atom is 0.251 e. The van der Waals surface area contributed by atoms with E-state index in [2.05, 4.69) is 10.2 Å². The first kappa shape index (κ1) is 14.9. The number of nitrogens with zero attached hydrogens (tertiary/aromatic N) is 1. The van der Waals surface area contributed by atoms with Crippen molar-refractivity contribution in [3.63, 3.8) is 0 Å². The predicted octanol–water partition coefficient (Wildman–Crippen LogP) is 1.59. The minimum absolute atomic E-state index is 0.135. The molecule has 1 N–H and O–H groups in total. The fourth-order valence-electron chi connectivity index (χ4n) is 2.31. The average Bonchev–Trinajstić information content (AvgIpc) is 2.44. The molecular formula is C15H21FN2O2. The Labute approximate surface area is 118 Å². The number of amides is 1. The highest BCUT2D eigenvalue weighted by atomic mass is 19.1. The smallest absolute Gasteiger partial charge is 0.251 e. The molecule has 0 saturated carbocycles. The lowest BCUT2D eigenvalue weighted by Gasteiger charge is -2.26. The number of rotatable bonds is 5. The Hall–Kier alpha value is -1.46. The third kappa shape index (κ3) is 4.28. The summed E-state index contributed by atoms with van der Waals surface area (Å²) in [6.07, 6.45) is 0.909. The molecule has 1 aromatic carbocycles. The topological polar surface area (TPSA) is 41.6 Å². The molecule has 0 unspecified atom stereocenters. The highest BCUT2D eigenvalue weighted by Crippen LogP contribution is 2.09. The number of hydrogen-bond acceptors (Lipinski definition) is 3. The van der Waals surface area contributed by atoms with Crippen molar-refractivity contribution < 1.29 is 13.9 Å². The molecule has 2 rings (SSSR count). The van der Waals surface area contributed by atoms with Crippen LogP contribution in [0.25, 0.3) is 0 Å². The van der Waals surface area contributed by atoms with Gasteiger partial charge in [-0.2, -0.15) is 0 Å². The number of benzene rings is 1. The van der Waals surface area contributed by atoms with E-state index in [1.807, 2.05) is 0 Å². The standard InChI is InChI=1S/C15H21FN2O2/c1-12-11-13(16)3-4-14(12)15(19)17-5-2-6-18-7-9-20-10-8-18/h3-4,11H,2,5-10H2,1H3,(H,17,19). The van der Waals surface area contributed by atoms with Gasteiger partial charge in [0.05, 0.1) is 13.2 Å². The van der Waals surface area contributed by atoms with Gasteiger partial charge < -0.3 is 10.1 Å². The van der Waals surface area contributed by atoms with Gasteiger partial charge in [-0.1, -0.05) is 0 Å². The fourth-order valence-corrected chi connectivity index (χ4v) is 2.31. The minimum atomic E-state index is -0.314. The molecule has 5 heteroatoms. The first-order chi connectivity index (χ1) is 9.66. The molecule has 0 spiro atoms. The second kappa shape index (κ2) is 7.36. The molecule has 0 aliphatic carbocycles. The molecular weight excluding hydrogens is 259 g/mol. The van der Waals surface area contributed by atoms with Crippen LogP contribution in [0.3, 0.4) is 0 Å². The van der Waals surface area contributed by atoms with Gasteiger partial charge in [-0.25, -0.2) is 4.39 Å². The normalized spacial score (nSPS) is 16.1. The van der Waals surface area contributed by atoms with E-state index in [0.717, 1.165) is 39.3 Å². The van der Waals surface area contributed by atoms with Crippen molar-refractivity contribution in [2.45, 2.75) is 13.3 Å². The van der Waals surface area contributed by atoms with Gasteiger partial charge in [0.2, 0.25) is 0 Å². The highest BCUT2D eigenvalue weighted by molar-refractivity contribution is 5.95. The second-order valence-corrected chi connectivity index (χ2v) is 5.02. The first-order valence-electron chi connectivity index (χ1n) is 7.01. The number of morpholine rings is 1. The van der Waals surface area contributed by atoms with Gasteiger partial charge in [-0.05, 0) is 43.7 Å². The Morgan fingerprint density at radius 3 is 2.85 bits per heavy atom. The van der Waals surface area contributed by atoms with Crippen molar-refractivity contribution in [3.05, 3.63) is 35.1 Å². The number of hydrogen-bond donors (Lipinski definition) is 1. The van der Waals surface area contributed by atoms with Crippen molar-refractivity contribution in [2.24, 2.45) is 0 Å². The second-order valence-electron chi connectivity index (χ2n) is 5.02. The summed E-state index contributed by atoms with van der Waals surface area (Å²) >= 11 is 0. The van der Waals surface area contributed by atoms with Crippen LogP contribution in [0, 0.1) is 12.7 Å². The molecule has 0 aromatic heterocycles. The van der Waals surface area contributed by atoms with Crippen LogP contribution >= 0.6 is 0 Å². The van der Waals surface area contributed by atoms with Crippen molar-refractivity contribution in [1.82, 2.24) is 10.2 Å². The molecule has 0 radical (unpaired) electrons. The van der Waals surface area contributed by atoms with Crippen LogP contribution in [0.1, 0.15) is 22.3 Å². The third-order valence-corrected chi connectivity index (χ3v) is 3.47. The number of aryl methyl sites for hydroxylation is 1. The fraction of sp³-hybridized carbons (Fsp3) is 0.533. The van der Waals surface area contributed by atoms with Gasteiger partial charge in [0.15, 0.2) is 0 Å². The lowest BCUT2D eigenvalue weighted by atomic mass is 10.1. The van der Waals surface area contributed by atoms with E-state index in [9.17, 15) is 9.18 Å². The van der Waals surface area contributed by atoms with Crippen LogP contribution < -0.4 is 5.32 Å². The van der Waals surface area contributed by atoms with E-state index in [0.29, 0.717) is 17.7 Å². The van der Waals surface area contributed by atoms with E-state index >= 15 is 0 Å². The van der Waals surface area contributed by atoms with Crippen molar-refractivity contribution in [3.8, 4) is 0 Å². The summed E-state index contributed by atoms with van der Waals surface area (Å²) in [5.41, 5.74) is 1.20. The van der Waals surface area contributed by atoms with E-state index < -0.39 is 0 Å². The summed E-state index contributed by atoms with van der Waals surface area (Å²) in [6, 6.07) is 4.22. The van der Waals surface area contributed by atoms with E-state index in [-0.39, 0.29) is 11.7 Å². The first-order valence-corrected chi connectivity index (χ1v) is 7.01. The molecule has 1 fully saturated rings. The summed E-state index contributed by atoms with van der Waals surface area (Å²) in [7, 11) is 0. The molecule has 1 saturated heterocycles. The Kier molecular flexibility index (Phi) is 5.49. The predicted molar refractivity (Wildman–Crippen MR) is 75.3 cm³/mol. The maximum atomic E-state index is 13.0. The summed E-state index contributed by atoms with van der Waals surface area (Å²) < 4.78 is 18.3. The van der Waals surface area contributed by atoms with E-state index in [1.54, 1.807) is 6.92 Å². The van der Waals surface area contributed by atoms with Crippen LogP contribution in [0.5, 0.6) is 0 Å². The number of carbonyl (C=O) groups excluding carboxylic acids is 1. The summed E-state index contributed by atoms with van der Waals surface area (Å²) in [5.74, 6) is -0.448. The molecule has 110 valence electrons. The molecule has 1 aliphatic rings. The van der Waals surface area contributed by atoms with Gasteiger partial charge in [0.25, 0.3) is 5.91 Å². The van der Waals surface area contributed by atoms with Crippen LogP contribution in [0.15, 0.2) is 18.2 Å².